The third-order valence-electron chi connectivity index (χ3n) is 1.67. The zero-order valence-corrected chi connectivity index (χ0v) is 6.79. The van der Waals surface area contributed by atoms with E-state index in [0.717, 1.165) is 0 Å². The largest absolute Gasteiger partial charge is 0.329 e. The van der Waals surface area contributed by atoms with Gasteiger partial charge in [0.1, 0.15) is 0 Å². The lowest BCUT2D eigenvalue weighted by molar-refractivity contribution is 0.729. The van der Waals surface area contributed by atoms with Crippen molar-refractivity contribution < 1.29 is 0 Å². The van der Waals surface area contributed by atoms with Gasteiger partial charge in [-0.1, -0.05) is 12.1 Å². The summed E-state index contributed by atoms with van der Waals surface area (Å²) in [5.41, 5.74) is 6.21. The Balaban J connectivity index is 2.94. The molecule has 1 aromatic rings. The summed E-state index contributed by atoms with van der Waals surface area (Å²) >= 11 is 0. The lowest BCUT2D eigenvalue weighted by atomic mass is 10.1. The molecule has 0 aliphatic rings. The van der Waals surface area contributed by atoms with Crippen molar-refractivity contribution in [1.29, 1.82) is 0 Å². The van der Waals surface area contributed by atoms with Crippen LogP contribution in [0.4, 0.5) is 0 Å². The van der Waals surface area contributed by atoms with Gasteiger partial charge in [0.2, 0.25) is 0 Å². The normalized spacial score (nSPS) is 12.4. The summed E-state index contributed by atoms with van der Waals surface area (Å²) in [6.07, 6.45) is 3.91. The van der Waals surface area contributed by atoms with Crippen LogP contribution in [0.3, 0.4) is 0 Å². The van der Waals surface area contributed by atoms with Crippen molar-refractivity contribution in [3.63, 3.8) is 0 Å². The smallest absolute Gasteiger partial charge is 0.252 e. The average molecular weight is 164 g/mol. The zero-order chi connectivity index (χ0) is 8.97. The monoisotopic (exact) mass is 164 g/mol. The van der Waals surface area contributed by atoms with E-state index in [1.807, 2.05) is 0 Å². The Labute approximate surface area is 70.9 Å². The number of hydrogen-bond acceptors (Lipinski definition) is 2. The Kier molecular flexibility index (Phi) is 2.82. The number of aromatic amines is 1. The molecule has 0 amide bonds. The van der Waals surface area contributed by atoms with Crippen molar-refractivity contribution >= 4 is 0 Å². The first-order valence-electron chi connectivity index (χ1n) is 3.79. The van der Waals surface area contributed by atoms with Crippen molar-refractivity contribution in [2.24, 2.45) is 5.73 Å². The van der Waals surface area contributed by atoms with E-state index in [1.165, 1.54) is 0 Å². The van der Waals surface area contributed by atoms with Crippen molar-refractivity contribution in [1.82, 2.24) is 4.98 Å². The first-order valence-corrected chi connectivity index (χ1v) is 3.79. The molecule has 3 nitrogen and oxygen atoms in total. The van der Waals surface area contributed by atoms with Gasteiger partial charge in [0, 0.05) is 17.8 Å². The Hall–Kier alpha value is -1.35. The van der Waals surface area contributed by atoms with Crippen LogP contribution in [0.25, 0.3) is 0 Å². The van der Waals surface area contributed by atoms with E-state index in [1.54, 1.807) is 24.4 Å². The molecule has 0 spiro atoms. The third kappa shape index (κ3) is 1.83. The molecule has 1 heterocycles. The van der Waals surface area contributed by atoms with Gasteiger partial charge in [-0.3, -0.25) is 4.79 Å². The van der Waals surface area contributed by atoms with Gasteiger partial charge in [0.15, 0.2) is 0 Å². The van der Waals surface area contributed by atoms with Crippen LogP contribution in [-0.2, 0) is 0 Å². The number of pyridine rings is 1. The molecule has 0 aliphatic carbocycles. The molecule has 0 fully saturated rings. The van der Waals surface area contributed by atoms with Crippen molar-refractivity contribution in [3.8, 4) is 0 Å². The van der Waals surface area contributed by atoms with Gasteiger partial charge in [0.05, 0.1) is 0 Å². The van der Waals surface area contributed by atoms with Gasteiger partial charge in [-0.05, 0) is 12.5 Å². The van der Waals surface area contributed by atoms with Crippen LogP contribution in [0.2, 0.25) is 0 Å². The minimum Gasteiger partial charge on any atom is -0.329 e. The van der Waals surface area contributed by atoms with Gasteiger partial charge >= 0.3 is 0 Å². The second kappa shape index (κ2) is 3.88. The molecule has 64 valence electrons. The summed E-state index contributed by atoms with van der Waals surface area (Å²) < 4.78 is 0. The Bertz CT molecular complexity index is 316. The zero-order valence-electron chi connectivity index (χ0n) is 6.79. The highest BCUT2D eigenvalue weighted by Crippen LogP contribution is 2.07. The standard InChI is InChI=1S/C9H12N2O/c1-2-4-8(10)7-5-3-6-11-9(7)12/h2-3,5-6,8H,1,4,10H2,(H,11,12)/t8-/m0/s1. The lowest BCUT2D eigenvalue weighted by Gasteiger charge is -2.06. The molecule has 12 heavy (non-hydrogen) atoms. The fraction of sp³-hybridized carbons (Fsp3) is 0.222. The molecule has 0 aromatic carbocycles. The number of H-pyrrole nitrogens is 1. The quantitative estimate of drug-likeness (QED) is 0.653. The van der Waals surface area contributed by atoms with Crippen LogP contribution in [0.15, 0.2) is 35.8 Å². The van der Waals surface area contributed by atoms with E-state index in [9.17, 15) is 4.79 Å². The summed E-state index contributed by atoms with van der Waals surface area (Å²) in [5.74, 6) is 0. The van der Waals surface area contributed by atoms with Crippen LogP contribution in [0, 0.1) is 0 Å². The fourth-order valence-corrected chi connectivity index (χ4v) is 1.03. The molecule has 1 aromatic heterocycles. The highest BCUT2D eigenvalue weighted by Gasteiger charge is 2.06. The van der Waals surface area contributed by atoms with E-state index >= 15 is 0 Å². The van der Waals surface area contributed by atoms with Gasteiger partial charge in [0.25, 0.3) is 5.56 Å². The summed E-state index contributed by atoms with van der Waals surface area (Å²) in [4.78, 5) is 13.7. The first kappa shape index (κ1) is 8.74. The molecule has 3 N–H and O–H groups in total. The molecular weight excluding hydrogens is 152 g/mol. The minimum absolute atomic E-state index is 0.119. The summed E-state index contributed by atoms with van der Waals surface area (Å²) in [6.45, 7) is 3.56. The highest BCUT2D eigenvalue weighted by molar-refractivity contribution is 5.14. The number of aromatic nitrogens is 1. The number of nitrogens with two attached hydrogens (primary N) is 1. The minimum atomic E-state index is -0.243. The molecule has 0 unspecified atom stereocenters. The molecule has 3 heteroatoms. The van der Waals surface area contributed by atoms with Crippen LogP contribution >= 0.6 is 0 Å². The SMILES string of the molecule is C=CC[C@H](N)c1ccc[nH]c1=O. The third-order valence-corrected chi connectivity index (χ3v) is 1.67. The van der Waals surface area contributed by atoms with Crippen LogP contribution in [-0.4, -0.2) is 4.98 Å². The predicted octanol–water partition coefficient (Wildman–Crippen LogP) is 0.951. The molecule has 0 aliphatic heterocycles. The fourth-order valence-electron chi connectivity index (χ4n) is 1.03. The van der Waals surface area contributed by atoms with E-state index in [0.29, 0.717) is 12.0 Å². The summed E-state index contributed by atoms with van der Waals surface area (Å²) in [6, 6.07) is 3.25. The molecule has 0 saturated carbocycles. The van der Waals surface area contributed by atoms with E-state index in [4.69, 9.17) is 5.73 Å². The summed E-state index contributed by atoms with van der Waals surface area (Å²) in [5, 5.41) is 0. The Morgan fingerprint density at radius 2 is 2.50 bits per heavy atom. The van der Waals surface area contributed by atoms with Gasteiger partial charge in [-0.25, -0.2) is 0 Å². The topological polar surface area (TPSA) is 58.9 Å². The van der Waals surface area contributed by atoms with Gasteiger partial charge in [-0.2, -0.15) is 0 Å². The molecular formula is C9H12N2O. The number of rotatable bonds is 3. The maximum absolute atomic E-state index is 11.2. The predicted molar refractivity (Wildman–Crippen MR) is 48.8 cm³/mol. The van der Waals surface area contributed by atoms with E-state index in [-0.39, 0.29) is 11.6 Å². The second-order valence-corrected chi connectivity index (χ2v) is 2.59. The van der Waals surface area contributed by atoms with Crippen molar-refractivity contribution in [2.75, 3.05) is 0 Å². The van der Waals surface area contributed by atoms with Crippen LogP contribution < -0.4 is 11.3 Å². The number of hydrogen-bond donors (Lipinski definition) is 2. The van der Waals surface area contributed by atoms with Gasteiger partial charge in [-0.15, -0.1) is 6.58 Å². The Morgan fingerprint density at radius 3 is 3.08 bits per heavy atom. The maximum atomic E-state index is 11.2. The number of nitrogens with one attached hydrogen (secondary N) is 1. The average Bonchev–Trinajstić information content (AvgIpc) is 2.05. The molecule has 0 bridgehead atoms. The van der Waals surface area contributed by atoms with Crippen LogP contribution in [0.1, 0.15) is 18.0 Å². The molecule has 0 radical (unpaired) electrons. The van der Waals surface area contributed by atoms with E-state index < -0.39 is 0 Å². The molecule has 0 saturated heterocycles. The summed E-state index contributed by atoms with van der Waals surface area (Å²) in [7, 11) is 0. The van der Waals surface area contributed by atoms with Crippen LogP contribution in [0.5, 0.6) is 0 Å². The second-order valence-electron chi connectivity index (χ2n) is 2.59. The Morgan fingerprint density at radius 1 is 1.75 bits per heavy atom. The maximum Gasteiger partial charge on any atom is 0.252 e. The highest BCUT2D eigenvalue weighted by atomic mass is 16.1. The van der Waals surface area contributed by atoms with Crippen molar-refractivity contribution in [3.05, 3.63) is 46.9 Å². The van der Waals surface area contributed by atoms with Gasteiger partial charge < -0.3 is 10.7 Å². The first-order chi connectivity index (χ1) is 5.75. The van der Waals surface area contributed by atoms with Crippen molar-refractivity contribution in [2.45, 2.75) is 12.5 Å². The molecule has 1 rings (SSSR count). The molecule has 1 atom stereocenters. The van der Waals surface area contributed by atoms with E-state index in [2.05, 4.69) is 11.6 Å². The lowest BCUT2D eigenvalue weighted by Crippen LogP contribution is -2.20.